The van der Waals surface area contributed by atoms with Crippen molar-refractivity contribution in [3.05, 3.63) is 82.6 Å². The van der Waals surface area contributed by atoms with E-state index in [0.29, 0.717) is 0 Å². The van der Waals surface area contributed by atoms with Crippen molar-refractivity contribution in [3.8, 4) is 22.9 Å². The van der Waals surface area contributed by atoms with Crippen LogP contribution in [0.2, 0.25) is 5.02 Å². The average molecular weight is 367 g/mol. The zero-order valence-electron chi connectivity index (χ0n) is 13.3. The zero-order valence-corrected chi connectivity index (χ0v) is 14.1. The van der Waals surface area contributed by atoms with Crippen molar-refractivity contribution in [2.45, 2.75) is 0 Å². The number of halogens is 2. The molecular formula is C20H12ClFN2O2. The fourth-order valence-corrected chi connectivity index (χ4v) is 2.68. The molecule has 2 N–H and O–H groups in total. The van der Waals surface area contributed by atoms with Gasteiger partial charge in [-0.05, 0) is 35.4 Å². The highest BCUT2D eigenvalue weighted by Gasteiger charge is 2.17. The van der Waals surface area contributed by atoms with Crippen molar-refractivity contribution < 1.29 is 14.3 Å². The molecule has 0 aromatic heterocycles. The van der Waals surface area contributed by atoms with Gasteiger partial charge in [0, 0.05) is 0 Å². The predicted molar refractivity (Wildman–Crippen MR) is 97.6 cm³/mol. The van der Waals surface area contributed by atoms with E-state index in [1.165, 1.54) is 24.3 Å². The van der Waals surface area contributed by atoms with Crippen molar-refractivity contribution in [3.63, 3.8) is 0 Å². The minimum absolute atomic E-state index is 0.0470. The summed E-state index contributed by atoms with van der Waals surface area (Å²) in [5.41, 5.74) is 1.43. The Kier molecular flexibility index (Phi) is 4.87. The maximum atomic E-state index is 14.1. The Bertz CT molecular complexity index is 1030. The van der Waals surface area contributed by atoms with Gasteiger partial charge in [0.05, 0.1) is 27.9 Å². The average Bonchev–Trinajstić information content (AvgIpc) is 2.66. The Morgan fingerprint density at radius 3 is 2.50 bits per heavy atom. The van der Waals surface area contributed by atoms with Crippen molar-refractivity contribution in [1.82, 2.24) is 0 Å². The molecule has 0 saturated carbocycles. The van der Waals surface area contributed by atoms with Crippen LogP contribution in [0, 0.1) is 17.1 Å². The van der Waals surface area contributed by atoms with Crippen LogP contribution in [0.4, 0.5) is 10.1 Å². The summed E-state index contributed by atoms with van der Waals surface area (Å²) >= 11 is 5.83. The number of carbonyl (C=O) groups excluding carboxylic acids is 1. The van der Waals surface area contributed by atoms with Crippen LogP contribution in [0.15, 0.2) is 60.7 Å². The number of rotatable bonds is 3. The van der Waals surface area contributed by atoms with E-state index in [2.05, 4.69) is 5.32 Å². The molecule has 0 aliphatic heterocycles. The van der Waals surface area contributed by atoms with Crippen molar-refractivity contribution >= 4 is 23.2 Å². The Balaban J connectivity index is 1.96. The van der Waals surface area contributed by atoms with Gasteiger partial charge in [-0.2, -0.15) is 5.26 Å². The number of amides is 1. The molecule has 6 heteroatoms. The number of hydrogen-bond acceptors (Lipinski definition) is 3. The van der Waals surface area contributed by atoms with E-state index in [1.54, 1.807) is 6.07 Å². The first-order chi connectivity index (χ1) is 12.5. The molecular weight excluding hydrogens is 355 g/mol. The lowest BCUT2D eigenvalue weighted by molar-refractivity contribution is 0.102. The smallest absolute Gasteiger partial charge is 0.259 e. The molecule has 0 spiro atoms. The van der Waals surface area contributed by atoms with Crippen LogP contribution in [-0.2, 0) is 0 Å². The number of aromatic hydroxyl groups is 1. The molecule has 3 rings (SSSR count). The highest BCUT2D eigenvalue weighted by Crippen LogP contribution is 2.30. The van der Waals surface area contributed by atoms with Gasteiger partial charge in [0.15, 0.2) is 0 Å². The highest BCUT2D eigenvalue weighted by molar-refractivity contribution is 6.33. The maximum absolute atomic E-state index is 14.1. The summed E-state index contributed by atoms with van der Waals surface area (Å²) in [6, 6.07) is 17.9. The number of phenolic OH excluding ortho intramolecular Hbond substituents is 1. The van der Waals surface area contributed by atoms with E-state index >= 15 is 0 Å². The third kappa shape index (κ3) is 3.51. The third-order valence-corrected chi connectivity index (χ3v) is 4.05. The molecule has 0 heterocycles. The second-order valence-corrected chi connectivity index (χ2v) is 5.89. The lowest BCUT2D eigenvalue weighted by Crippen LogP contribution is -2.13. The van der Waals surface area contributed by atoms with Gasteiger partial charge in [-0.15, -0.1) is 0 Å². The van der Waals surface area contributed by atoms with Gasteiger partial charge >= 0.3 is 0 Å². The van der Waals surface area contributed by atoms with Gasteiger partial charge in [0.1, 0.15) is 11.6 Å². The largest absolute Gasteiger partial charge is 0.506 e. The first kappa shape index (κ1) is 17.5. The molecule has 3 aromatic carbocycles. The predicted octanol–water partition coefficient (Wildman–Crippen LogP) is 4.98. The van der Waals surface area contributed by atoms with Crippen LogP contribution in [0.25, 0.3) is 11.1 Å². The monoisotopic (exact) mass is 366 g/mol. The van der Waals surface area contributed by atoms with Crippen LogP contribution in [0.5, 0.6) is 5.75 Å². The Labute approximate surface area is 154 Å². The Morgan fingerprint density at radius 2 is 1.81 bits per heavy atom. The van der Waals surface area contributed by atoms with E-state index in [1.807, 2.05) is 36.4 Å². The van der Waals surface area contributed by atoms with Crippen LogP contribution in [0.3, 0.4) is 0 Å². The molecule has 26 heavy (non-hydrogen) atoms. The number of nitriles is 1. The molecule has 0 atom stereocenters. The topological polar surface area (TPSA) is 73.1 Å². The SMILES string of the molecule is N#Cc1cc(Cl)c(O)c(C(=O)Nc2cc(-c3ccccc3)ccc2F)c1. The minimum Gasteiger partial charge on any atom is -0.506 e. The van der Waals surface area contributed by atoms with Crippen molar-refractivity contribution in [2.24, 2.45) is 0 Å². The molecule has 0 bridgehead atoms. The van der Waals surface area contributed by atoms with E-state index in [0.717, 1.165) is 11.1 Å². The maximum Gasteiger partial charge on any atom is 0.259 e. The fraction of sp³-hybridized carbons (Fsp3) is 0. The molecule has 128 valence electrons. The van der Waals surface area contributed by atoms with Gasteiger partial charge in [-0.3, -0.25) is 4.79 Å². The van der Waals surface area contributed by atoms with Crippen molar-refractivity contribution in [1.29, 1.82) is 5.26 Å². The van der Waals surface area contributed by atoms with Gasteiger partial charge in [0.25, 0.3) is 5.91 Å². The fourth-order valence-electron chi connectivity index (χ4n) is 2.46. The summed E-state index contributed by atoms with van der Waals surface area (Å²) in [5, 5.41) is 21.2. The molecule has 4 nitrogen and oxygen atoms in total. The summed E-state index contributed by atoms with van der Waals surface area (Å²) in [4.78, 5) is 12.4. The summed E-state index contributed by atoms with van der Waals surface area (Å²) in [6.07, 6.45) is 0. The summed E-state index contributed by atoms with van der Waals surface area (Å²) in [6.45, 7) is 0. The highest BCUT2D eigenvalue weighted by atomic mass is 35.5. The van der Waals surface area contributed by atoms with E-state index in [9.17, 15) is 14.3 Å². The van der Waals surface area contributed by atoms with Gasteiger partial charge in [-0.1, -0.05) is 48.0 Å². The van der Waals surface area contributed by atoms with Crippen LogP contribution >= 0.6 is 11.6 Å². The second kappa shape index (κ2) is 7.26. The molecule has 1 amide bonds. The molecule has 0 fully saturated rings. The third-order valence-electron chi connectivity index (χ3n) is 3.76. The normalized spacial score (nSPS) is 10.2. The lowest BCUT2D eigenvalue weighted by Gasteiger charge is -2.11. The molecule has 0 aliphatic carbocycles. The summed E-state index contributed by atoms with van der Waals surface area (Å²) in [5.74, 6) is -1.87. The number of nitrogens with one attached hydrogen (secondary N) is 1. The molecule has 0 radical (unpaired) electrons. The van der Waals surface area contributed by atoms with Crippen LogP contribution in [-0.4, -0.2) is 11.0 Å². The quantitative estimate of drug-likeness (QED) is 0.686. The second-order valence-electron chi connectivity index (χ2n) is 5.48. The molecule has 0 saturated heterocycles. The van der Waals surface area contributed by atoms with E-state index in [4.69, 9.17) is 16.9 Å². The Morgan fingerprint density at radius 1 is 1.08 bits per heavy atom. The van der Waals surface area contributed by atoms with Crippen LogP contribution in [0.1, 0.15) is 15.9 Å². The summed E-state index contributed by atoms with van der Waals surface area (Å²) < 4.78 is 14.1. The first-order valence-corrected chi connectivity index (χ1v) is 7.96. The van der Waals surface area contributed by atoms with E-state index < -0.39 is 17.5 Å². The zero-order chi connectivity index (χ0) is 18.7. The molecule has 0 aliphatic rings. The molecule has 3 aromatic rings. The lowest BCUT2D eigenvalue weighted by atomic mass is 10.0. The number of phenols is 1. The number of anilines is 1. The number of carbonyl (C=O) groups is 1. The summed E-state index contributed by atoms with van der Waals surface area (Å²) in [7, 11) is 0. The number of benzene rings is 3. The van der Waals surface area contributed by atoms with Gasteiger partial charge < -0.3 is 10.4 Å². The van der Waals surface area contributed by atoms with Gasteiger partial charge in [-0.25, -0.2) is 4.39 Å². The van der Waals surface area contributed by atoms with Crippen LogP contribution < -0.4 is 5.32 Å². The Hall–Kier alpha value is -3.36. The van der Waals surface area contributed by atoms with Gasteiger partial charge in [0.2, 0.25) is 0 Å². The minimum atomic E-state index is -0.773. The number of nitrogens with zero attached hydrogens (tertiary/aromatic N) is 1. The molecule has 0 unspecified atom stereocenters. The number of hydrogen-bond donors (Lipinski definition) is 2. The first-order valence-electron chi connectivity index (χ1n) is 7.58. The standard InChI is InChI=1S/C20H12ClFN2O2/c21-16-9-12(11-23)8-15(19(16)25)20(26)24-18-10-14(6-7-17(18)22)13-4-2-1-3-5-13/h1-10,25H,(H,24,26). The van der Waals surface area contributed by atoms with E-state index in [-0.39, 0.29) is 21.8 Å². The van der Waals surface area contributed by atoms with Crippen molar-refractivity contribution in [2.75, 3.05) is 5.32 Å².